The van der Waals surface area contributed by atoms with Gasteiger partial charge >= 0.3 is 11.9 Å². The third-order valence-corrected chi connectivity index (χ3v) is 2.09. The van der Waals surface area contributed by atoms with Gasteiger partial charge in [-0.05, 0) is 13.8 Å². The summed E-state index contributed by atoms with van der Waals surface area (Å²) in [6, 6.07) is 0. The van der Waals surface area contributed by atoms with Crippen molar-refractivity contribution in [2.75, 3.05) is 13.2 Å². The van der Waals surface area contributed by atoms with Crippen LogP contribution >= 0.6 is 0 Å². The average Bonchev–Trinajstić information content (AvgIpc) is 2.74. The molecule has 0 atom stereocenters. The Labute approximate surface area is 104 Å². The molecule has 0 saturated heterocycles. The second-order valence-electron chi connectivity index (χ2n) is 3.35. The van der Waals surface area contributed by atoms with E-state index in [0.717, 1.165) is 6.26 Å². The van der Waals surface area contributed by atoms with Crippen LogP contribution < -0.4 is 0 Å². The fraction of sp³-hybridized carbons (Fsp3) is 0.417. The van der Waals surface area contributed by atoms with Crippen molar-refractivity contribution in [3.8, 4) is 0 Å². The quantitative estimate of drug-likeness (QED) is 0.589. The monoisotopic (exact) mass is 254 g/mol. The van der Waals surface area contributed by atoms with Crippen molar-refractivity contribution in [1.29, 1.82) is 0 Å². The van der Waals surface area contributed by atoms with E-state index in [-0.39, 0.29) is 30.1 Å². The van der Waals surface area contributed by atoms with Crippen LogP contribution in [0.15, 0.2) is 10.7 Å². The Morgan fingerprint density at radius 2 is 1.67 bits per heavy atom. The molecule has 0 unspecified atom stereocenters. The Balaban J connectivity index is 3.23. The van der Waals surface area contributed by atoms with Crippen LogP contribution in [0.1, 0.15) is 52.0 Å². The minimum atomic E-state index is -0.778. The summed E-state index contributed by atoms with van der Waals surface area (Å²) in [5.74, 6) is -2.17. The van der Waals surface area contributed by atoms with E-state index in [1.54, 1.807) is 13.8 Å². The first-order valence-corrected chi connectivity index (χ1v) is 5.49. The van der Waals surface area contributed by atoms with Gasteiger partial charge in [-0.2, -0.15) is 0 Å². The van der Waals surface area contributed by atoms with Crippen molar-refractivity contribution in [2.24, 2.45) is 0 Å². The van der Waals surface area contributed by atoms with Crippen molar-refractivity contribution in [2.45, 2.75) is 20.8 Å². The van der Waals surface area contributed by atoms with Crippen molar-refractivity contribution in [3.05, 3.63) is 23.2 Å². The maximum absolute atomic E-state index is 11.7. The molecule has 0 amide bonds. The molecule has 0 N–H and O–H groups in total. The number of ether oxygens (including phenoxy) is 2. The van der Waals surface area contributed by atoms with E-state index in [4.69, 9.17) is 13.9 Å². The predicted molar refractivity (Wildman–Crippen MR) is 60.6 cm³/mol. The summed E-state index contributed by atoms with van der Waals surface area (Å²) in [5, 5.41) is 0. The van der Waals surface area contributed by atoms with Crippen LogP contribution in [0, 0.1) is 0 Å². The highest BCUT2D eigenvalue weighted by atomic mass is 16.5. The second kappa shape index (κ2) is 6.00. The molecule has 1 aromatic heterocycles. The van der Waals surface area contributed by atoms with E-state index in [1.165, 1.54) is 6.92 Å². The van der Waals surface area contributed by atoms with Gasteiger partial charge in [-0.25, -0.2) is 9.59 Å². The highest BCUT2D eigenvalue weighted by molar-refractivity contribution is 6.10. The van der Waals surface area contributed by atoms with Crippen LogP contribution in [0.3, 0.4) is 0 Å². The molecule has 1 aromatic rings. The van der Waals surface area contributed by atoms with E-state index in [0.29, 0.717) is 0 Å². The lowest BCUT2D eigenvalue weighted by atomic mass is 10.1. The molecule has 18 heavy (non-hydrogen) atoms. The van der Waals surface area contributed by atoms with Crippen LogP contribution in [0.2, 0.25) is 0 Å². The fourth-order valence-corrected chi connectivity index (χ4v) is 1.38. The number of hydrogen-bond donors (Lipinski definition) is 0. The minimum Gasteiger partial charge on any atom is -0.462 e. The first-order valence-electron chi connectivity index (χ1n) is 5.49. The third kappa shape index (κ3) is 2.77. The van der Waals surface area contributed by atoms with Gasteiger partial charge in [0.05, 0.1) is 13.2 Å². The first-order chi connectivity index (χ1) is 8.52. The van der Waals surface area contributed by atoms with Gasteiger partial charge in [0.25, 0.3) is 0 Å². The van der Waals surface area contributed by atoms with Gasteiger partial charge in [-0.3, -0.25) is 4.79 Å². The van der Waals surface area contributed by atoms with Gasteiger partial charge in [-0.1, -0.05) is 0 Å². The summed E-state index contributed by atoms with van der Waals surface area (Å²) in [4.78, 5) is 34.6. The van der Waals surface area contributed by atoms with E-state index < -0.39 is 17.7 Å². The molecule has 0 radical (unpaired) electrons. The fourth-order valence-electron chi connectivity index (χ4n) is 1.38. The number of esters is 2. The SMILES string of the molecule is CCOC(=O)c1coc(C(C)=O)c1C(=O)OCC. The highest BCUT2D eigenvalue weighted by Gasteiger charge is 2.29. The van der Waals surface area contributed by atoms with Gasteiger partial charge in [0.2, 0.25) is 0 Å². The topological polar surface area (TPSA) is 82.8 Å². The Kier molecular flexibility index (Phi) is 4.65. The van der Waals surface area contributed by atoms with Gasteiger partial charge < -0.3 is 13.9 Å². The van der Waals surface area contributed by atoms with E-state index in [9.17, 15) is 14.4 Å². The maximum atomic E-state index is 11.7. The Morgan fingerprint density at radius 1 is 1.11 bits per heavy atom. The van der Waals surface area contributed by atoms with Crippen LogP contribution in [0.5, 0.6) is 0 Å². The number of carbonyl (C=O) groups is 3. The zero-order valence-electron chi connectivity index (χ0n) is 10.4. The predicted octanol–water partition coefficient (Wildman–Crippen LogP) is 1.84. The van der Waals surface area contributed by atoms with Crippen molar-refractivity contribution in [3.63, 3.8) is 0 Å². The van der Waals surface area contributed by atoms with Gasteiger partial charge in [-0.15, -0.1) is 0 Å². The molecule has 0 fully saturated rings. The summed E-state index contributed by atoms with van der Waals surface area (Å²) < 4.78 is 14.5. The number of rotatable bonds is 5. The van der Waals surface area contributed by atoms with Crippen LogP contribution in [0.4, 0.5) is 0 Å². The smallest absolute Gasteiger partial charge is 0.343 e. The molecule has 0 aliphatic heterocycles. The van der Waals surface area contributed by atoms with E-state index >= 15 is 0 Å². The number of Topliss-reactive ketones (excluding diaryl/α,β-unsaturated/α-hetero) is 1. The Morgan fingerprint density at radius 3 is 2.17 bits per heavy atom. The van der Waals surface area contributed by atoms with Crippen molar-refractivity contribution >= 4 is 17.7 Å². The molecule has 0 aliphatic rings. The number of carbonyl (C=O) groups excluding carboxylic acids is 3. The average molecular weight is 254 g/mol. The van der Waals surface area contributed by atoms with Crippen LogP contribution in [-0.4, -0.2) is 30.9 Å². The molecule has 0 bridgehead atoms. The van der Waals surface area contributed by atoms with Crippen LogP contribution in [-0.2, 0) is 9.47 Å². The second-order valence-corrected chi connectivity index (χ2v) is 3.35. The third-order valence-electron chi connectivity index (χ3n) is 2.09. The highest BCUT2D eigenvalue weighted by Crippen LogP contribution is 2.20. The largest absolute Gasteiger partial charge is 0.462 e. The normalized spacial score (nSPS) is 9.94. The first kappa shape index (κ1) is 14.0. The Hall–Kier alpha value is -2.11. The van der Waals surface area contributed by atoms with Crippen LogP contribution in [0.25, 0.3) is 0 Å². The molecule has 0 aliphatic carbocycles. The summed E-state index contributed by atoms with van der Waals surface area (Å²) >= 11 is 0. The molecule has 98 valence electrons. The molecule has 6 nitrogen and oxygen atoms in total. The van der Waals surface area contributed by atoms with Gasteiger partial charge in [0, 0.05) is 6.92 Å². The molecule has 1 rings (SSSR count). The van der Waals surface area contributed by atoms with Crippen molar-refractivity contribution < 1.29 is 28.3 Å². The van der Waals surface area contributed by atoms with Gasteiger partial charge in [0.15, 0.2) is 11.5 Å². The molecular formula is C12H14O6. The zero-order valence-corrected chi connectivity index (χ0v) is 10.4. The molecule has 6 heteroatoms. The lowest BCUT2D eigenvalue weighted by Crippen LogP contribution is -2.14. The number of hydrogen-bond acceptors (Lipinski definition) is 6. The lowest BCUT2D eigenvalue weighted by Gasteiger charge is -2.04. The summed E-state index contributed by atoms with van der Waals surface area (Å²) in [5.41, 5.74) is -0.275. The summed E-state index contributed by atoms with van der Waals surface area (Å²) in [6.45, 7) is 4.77. The van der Waals surface area contributed by atoms with E-state index in [1.807, 2.05) is 0 Å². The minimum absolute atomic E-state index is 0.0968. The lowest BCUT2D eigenvalue weighted by molar-refractivity contribution is 0.0479. The standard InChI is InChI=1S/C12H14O6/c1-4-16-11(14)8-6-18-10(7(3)13)9(8)12(15)17-5-2/h6H,4-5H2,1-3H3. The molecule has 0 aromatic carbocycles. The van der Waals surface area contributed by atoms with Crippen molar-refractivity contribution in [1.82, 2.24) is 0 Å². The van der Waals surface area contributed by atoms with E-state index in [2.05, 4.69) is 0 Å². The molecular weight excluding hydrogens is 240 g/mol. The summed E-state index contributed by atoms with van der Waals surface area (Å²) in [6.07, 6.45) is 1.03. The molecule has 0 spiro atoms. The summed E-state index contributed by atoms with van der Waals surface area (Å²) in [7, 11) is 0. The number of furan rings is 1. The Bertz CT molecular complexity index is 471. The van der Waals surface area contributed by atoms with Gasteiger partial charge in [0.1, 0.15) is 17.4 Å². The molecule has 0 saturated carbocycles. The maximum Gasteiger partial charge on any atom is 0.343 e. The number of ketones is 1. The zero-order chi connectivity index (χ0) is 13.7. The molecule has 1 heterocycles.